The average molecular weight is 307 g/mol. The lowest BCUT2D eigenvalue weighted by Crippen LogP contribution is -2.23. The number of nitrogens with zero attached hydrogens (tertiary/aromatic N) is 2. The molecular weight excluding hydrogens is 285 g/mol. The van der Waals surface area contributed by atoms with E-state index in [1.54, 1.807) is 11.3 Å². The largest absolute Gasteiger partial charge is 0.366 e. The van der Waals surface area contributed by atoms with E-state index in [2.05, 4.69) is 41.4 Å². The summed E-state index contributed by atoms with van der Waals surface area (Å²) >= 11 is 1.68. The highest BCUT2D eigenvalue weighted by Gasteiger charge is 2.09. The number of hydrogen-bond donors (Lipinski definition) is 1. The van der Waals surface area contributed by atoms with E-state index in [1.165, 1.54) is 12.1 Å². The van der Waals surface area contributed by atoms with Crippen molar-refractivity contribution in [3.05, 3.63) is 46.2 Å². The Balaban J connectivity index is 2.00. The second-order valence-corrected chi connectivity index (χ2v) is 6.20. The zero-order valence-electron chi connectivity index (χ0n) is 12.8. The zero-order valence-corrected chi connectivity index (χ0v) is 13.6. The Morgan fingerprint density at radius 3 is 2.62 bits per heavy atom. The van der Waals surface area contributed by atoms with Crippen LogP contribution in [0.2, 0.25) is 0 Å². The van der Waals surface area contributed by atoms with Gasteiger partial charge in [-0.3, -0.25) is 0 Å². The fraction of sp³-hybridized carbons (Fsp3) is 0.438. The lowest BCUT2D eigenvalue weighted by atomic mass is 10.2. The molecule has 1 aromatic carbocycles. The summed E-state index contributed by atoms with van der Waals surface area (Å²) in [5.74, 6) is -0.203. The quantitative estimate of drug-likeness (QED) is 0.843. The van der Waals surface area contributed by atoms with Crippen LogP contribution in [0.5, 0.6) is 0 Å². The van der Waals surface area contributed by atoms with Crippen molar-refractivity contribution in [3.8, 4) is 0 Å². The van der Waals surface area contributed by atoms with E-state index in [4.69, 9.17) is 0 Å². The standard InChI is InChI=1S/C16H22FN3S/c1-4-20(15-7-5-13(17)6-8-15)10-14-11-21-16(19-14)9-18-12(2)3/h5-8,11-12,18H,4,9-10H2,1-3H3. The number of anilines is 1. The Labute approximate surface area is 129 Å². The molecule has 1 heterocycles. The molecule has 114 valence electrons. The van der Waals surface area contributed by atoms with Crippen LogP contribution in [0.25, 0.3) is 0 Å². The molecule has 5 heteroatoms. The number of thiazole rings is 1. The van der Waals surface area contributed by atoms with Gasteiger partial charge in [0, 0.05) is 30.2 Å². The molecule has 1 N–H and O–H groups in total. The molecule has 0 unspecified atom stereocenters. The van der Waals surface area contributed by atoms with Crippen molar-refractivity contribution in [2.45, 2.75) is 39.9 Å². The maximum Gasteiger partial charge on any atom is 0.123 e. The van der Waals surface area contributed by atoms with Crippen molar-refractivity contribution in [2.24, 2.45) is 0 Å². The number of rotatable bonds is 7. The van der Waals surface area contributed by atoms with Crippen molar-refractivity contribution >= 4 is 17.0 Å². The first kappa shape index (κ1) is 15.9. The lowest BCUT2D eigenvalue weighted by Gasteiger charge is -2.22. The zero-order chi connectivity index (χ0) is 15.2. The number of halogens is 1. The maximum absolute atomic E-state index is 13.0. The normalized spacial score (nSPS) is 11.1. The van der Waals surface area contributed by atoms with Gasteiger partial charge in [-0.2, -0.15) is 0 Å². The Morgan fingerprint density at radius 2 is 2.00 bits per heavy atom. The summed E-state index contributed by atoms with van der Waals surface area (Å²) in [4.78, 5) is 6.84. The Morgan fingerprint density at radius 1 is 1.29 bits per heavy atom. The molecule has 0 saturated carbocycles. The summed E-state index contributed by atoms with van der Waals surface area (Å²) in [6.45, 7) is 8.77. The molecule has 0 aliphatic heterocycles. The van der Waals surface area contributed by atoms with Crippen LogP contribution in [0.15, 0.2) is 29.6 Å². The van der Waals surface area contributed by atoms with Gasteiger partial charge in [-0.15, -0.1) is 11.3 Å². The van der Waals surface area contributed by atoms with Gasteiger partial charge < -0.3 is 10.2 Å². The second kappa shape index (κ2) is 7.52. The summed E-state index contributed by atoms with van der Waals surface area (Å²) < 4.78 is 13.0. The maximum atomic E-state index is 13.0. The molecule has 2 rings (SSSR count). The van der Waals surface area contributed by atoms with E-state index in [0.717, 1.165) is 36.0 Å². The topological polar surface area (TPSA) is 28.2 Å². The summed E-state index contributed by atoms with van der Waals surface area (Å²) in [6.07, 6.45) is 0. The van der Waals surface area contributed by atoms with Gasteiger partial charge >= 0.3 is 0 Å². The minimum absolute atomic E-state index is 0.203. The van der Waals surface area contributed by atoms with Crippen molar-refractivity contribution in [1.29, 1.82) is 0 Å². The monoisotopic (exact) mass is 307 g/mol. The lowest BCUT2D eigenvalue weighted by molar-refractivity contribution is 0.586. The first-order valence-corrected chi connectivity index (χ1v) is 8.13. The molecule has 1 aromatic heterocycles. The molecule has 0 bridgehead atoms. The summed E-state index contributed by atoms with van der Waals surface area (Å²) in [7, 11) is 0. The number of hydrogen-bond acceptors (Lipinski definition) is 4. The summed E-state index contributed by atoms with van der Waals surface area (Å²) in [6, 6.07) is 7.08. The second-order valence-electron chi connectivity index (χ2n) is 5.26. The number of benzene rings is 1. The van der Waals surface area contributed by atoms with Gasteiger partial charge in [0.15, 0.2) is 0 Å². The molecule has 0 saturated heterocycles. The molecule has 0 aliphatic rings. The minimum atomic E-state index is -0.203. The van der Waals surface area contributed by atoms with Crippen LogP contribution in [-0.2, 0) is 13.1 Å². The Hall–Kier alpha value is -1.46. The van der Waals surface area contributed by atoms with Gasteiger partial charge in [0.1, 0.15) is 10.8 Å². The van der Waals surface area contributed by atoms with Crippen molar-refractivity contribution in [3.63, 3.8) is 0 Å². The molecule has 3 nitrogen and oxygen atoms in total. The summed E-state index contributed by atoms with van der Waals surface area (Å²) in [5.41, 5.74) is 2.08. The van der Waals surface area contributed by atoms with E-state index >= 15 is 0 Å². The van der Waals surface area contributed by atoms with Crippen molar-refractivity contribution in [2.75, 3.05) is 11.4 Å². The number of nitrogens with one attached hydrogen (secondary N) is 1. The molecular formula is C16H22FN3S. The van der Waals surface area contributed by atoms with Gasteiger partial charge in [0.25, 0.3) is 0 Å². The number of aromatic nitrogens is 1. The molecule has 0 spiro atoms. The summed E-state index contributed by atoms with van der Waals surface area (Å²) in [5, 5.41) is 6.58. The van der Waals surface area contributed by atoms with Gasteiger partial charge in [0.05, 0.1) is 12.2 Å². The third-order valence-corrected chi connectivity index (χ3v) is 4.08. The minimum Gasteiger partial charge on any atom is -0.366 e. The molecule has 0 amide bonds. The highest BCUT2D eigenvalue weighted by Crippen LogP contribution is 2.19. The first-order valence-electron chi connectivity index (χ1n) is 7.25. The van der Waals surface area contributed by atoms with Crippen LogP contribution in [0.3, 0.4) is 0 Å². The fourth-order valence-corrected chi connectivity index (χ4v) is 2.76. The van der Waals surface area contributed by atoms with Gasteiger partial charge in [-0.25, -0.2) is 9.37 Å². The van der Waals surface area contributed by atoms with Crippen LogP contribution in [0.1, 0.15) is 31.5 Å². The van der Waals surface area contributed by atoms with Gasteiger partial charge in [-0.05, 0) is 31.2 Å². The Kier molecular flexibility index (Phi) is 5.70. The smallest absolute Gasteiger partial charge is 0.123 e. The van der Waals surface area contributed by atoms with Gasteiger partial charge in [-0.1, -0.05) is 13.8 Å². The van der Waals surface area contributed by atoms with E-state index in [0.29, 0.717) is 6.04 Å². The third-order valence-electron chi connectivity index (χ3n) is 3.19. The highest BCUT2D eigenvalue weighted by molar-refractivity contribution is 7.09. The van der Waals surface area contributed by atoms with Gasteiger partial charge in [0.2, 0.25) is 0 Å². The molecule has 0 fully saturated rings. The Bertz CT molecular complexity index is 551. The SMILES string of the molecule is CCN(Cc1csc(CNC(C)C)n1)c1ccc(F)cc1. The van der Waals surface area contributed by atoms with Crippen molar-refractivity contribution < 1.29 is 4.39 Å². The first-order chi connectivity index (χ1) is 10.1. The average Bonchev–Trinajstić information content (AvgIpc) is 2.91. The molecule has 0 atom stereocenters. The molecule has 0 radical (unpaired) electrons. The van der Waals surface area contributed by atoms with Crippen LogP contribution < -0.4 is 10.2 Å². The van der Waals surface area contributed by atoms with E-state index < -0.39 is 0 Å². The van der Waals surface area contributed by atoms with Crippen LogP contribution in [0, 0.1) is 5.82 Å². The molecule has 2 aromatic rings. The van der Waals surface area contributed by atoms with E-state index in [-0.39, 0.29) is 5.82 Å². The van der Waals surface area contributed by atoms with Crippen LogP contribution >= 0.6 is 11.3 Å². The highest BCUT2D eigenvalue weighted by atomic mass is 32.1. The molecule has 0 aliphatic carbocycles. The van der Waals surface area contributed by atoms with E-state index in [1.807, 2.05) is 12.1 Å². The van der Waals surface area contributed by atoms with E-state index in [9.17, 15) is 4.39 Å². The van der Waals surface area contributed by atoms with Crippen LogP contribution in [0.4, 0.5) is 10.1 Å². The predicted octanol–water partition coefficient (Wildman–Crippen LogP) is 3.81. The molecule has 21 heavy (non-hydrogen) atoms. The third kappa shape index (κ3) is 4.79. The van der Waals surface area contributed by atoms with Crippen molar-refractivity contribution in [1.82, 2.24) is 10.3 Å². The fourth-order valence-electron chi connectivity index (χ4n) is 2.03. The predicted molar refractivity (Wildman–Crippen MR) is 87.2 cm³/mol. The van der Waals surface area contributed by atoms with Crippen LogP contribution in [-0.4, -0.2) is 17.6 Å².